The molecule has 0 fully saturated rings. The number of carbonyl (C=O) groups excluding carboxylic acids is 1. The SMILES string of the molecule is COC(=O)c1c(-c2cccc(OC)c2Cl)noc1C. The molecule has 1 heterocycles. The first-order valence-electron chi connectivity index (χ1n) is 5.47. The Morgan fingerprint density at radius 3 is 2.74 bits per heavy atom. The lowest BCUT2D eigenvalue weighted by Crippen LogP contribution is -2.03. The van der Waals surface area contributed by atoms with Crippen molar-refractivity contribution < 1.29 is 18.8 Å². The highest BCUT2D eigenvalue weighted by molar-refractivity contribution is 6.35. The van der Waals surface area contributed by atoms with Gasteiger partial charge >= 0.3 is 5.97 Å². The lowest BCUT2D eigenvalue weighted by Gasteiger charge is -2.07. The molecule has 5 nitrogen and oxygen atoms in total. The number of nitrogens with zero attached hydrogens (tertiary/aromatic N) is 1. The molecule has 0 aliphatic heterocycles. The summed E-state index contributed by atoms with van der Waals surface area (Å²) < 4.78 is 14.9. The monoisotopic (exact) mass is 281 g/mol. The van der Waals surface area contributed by atoms with Crippen molar-refractivity contribution in [1.82, 2.24) is 5.16 Å². The van der Waals surface area contributed by atoms with Crippen LogP contribution in [0.1, 0.15) is 16.1 Å². The number of benzene rings is 1. The second kappa shape index (κ2) is 5.32. The van der Waals surface area contributed by atoms with Crippen LogP contribution in [0.2, 0.25) is 5.02 Å². The average molecular weight is 282 g/mol. The third-order valence-electron chi connectivity index (χ3n) is 2.69. The van der Waals surface area contributed by atoms with Crippen LogP contribution >= 0.6 is 11.6 Å². The molecule has 2 aromatic rings. The molecule has 1 aromatic heterocycles. The van der Waals surface area contributed by atoms with E-state index in [1.165, 1.54) is 14.2 Å². The van der Waals surface area contributed by atoms with Crippen LogP contribution in [-0.2, 0) is 4.74 Å². The van der Waals surface area contributed by atoms with Gasteiger partial charge in [-0.1, -0.05) is 28.9 Å². The van der Waals surface area contributed by atoms with Crippen molar-refractivity contribution in [2.45, 2.75) is 6.92 Å². The summed E-state index contributed by atoms with van der Waals surface area (Å²) in [5.74, 6) is 0.351. The van der Waals surface area contributed by atoms with Gasteiger partial charge in [0.1, 0.15) is 22.8 Å². The minimum atomic E-state index is -0.521. The van der Waals surface area contributed by atoms with Crippen LogP contribution in [0.3, 0.4) is 0 Å². The van der Waals surface area contributed by atoms with E-state index in [1.807, 2.05) is 0 Å². The summed E-state index contributed by atoms with van der Waals surface area (Å²) in [6.45, 7) is 1.64. The zero-order valence-corrected chi connectivity index (χ0v) is 11.4. The van der Waals surface area contributed by atoms with E-state index >= 15 is 0 Å². The Labute approximate surface area is 115 Å². The molecule has 0 radical (unpaired) electrons. The van der Waals surface area contributed by atoms with Gasteiger partial charge in [0.15, 0.2) is 0 Å². The molecule has 0 saturated carbocycles. The van der Waals surface area contributed by atoms with Gasteiger partial charge in [-0.15, -0.1) is 0 Å². The predicted molar refractivity (Wildman–Crippen MR) is 69.6 cm³/mol. The third kappa shape index (κ3) is 2.29. The van der Waals surface area contributed by atoms with Crippen LogP contribution in [0.15, 0.2) is 22.7 Å². The molecular weight excluding hydrogens is 270 g/mol. The topological polar surface area (TPSA) is 61.6 Å². The summed E-state index contributed by atoms with van der Waals surface area (Å²) >= 11 is 6.21. The lowest BCUT2D eigenvalue weighted by molar-refractivity contribution is 0.0599. The Kier molecular flexibility index (Phi) is 3.76. The number of carbonyl (C=O) groups is 1. The van der Waals surface area contributed by atoms with E-state index in [0.29, 0.717) is 27.8 Å². The predicted octanol–water partition coefficient (Wildman–Crippen LogP) is 3.10. The van der Waals surface area contributed by atoms with E-state index in [9.17, 15) is 4.79 Å². The summed E-state index contributed by atoms with van der Waals surface area (Å²) in [5.41, 5.74) is 1.16. The Bertz CT molecular complexity index is 621. The van der Waals surface area contributed by atoms with Crippen molar-refractivity contribution >= 4 is 17.6 Å². The summed E-state index contributed by atoms with van der Waals surface area (Å²) in [7, 11) is 2.81. The van der Waals surface area contributed by atoms with E-state index in [2.05, 4.69) is 5.16 Å². The van der Waals surface area contributed by atoms with E-state index in [1.54, 1.807) is 25.1 Å². The molecule has 100 valence electrons. The molecule has 0 atom stereocenters. The van der Waals surface area contributed by atoms with E-state index < -0.39 is 5.97 Å². The molecule has 0 aliphatic rings. The number of ether oxygens (including phenoxy) is 2. The second-order valence-electron chi connectivity index (χ2n) is 3.78. The Morgan fingerprint density at radius 2 is 2.11 bits per heavy atom. The van der Waals surface area contributed by atoms with Gasteiger partial charge in [-0.3, -0.25) is 0 Å². The summed E-state index contributed by atoms with van der Waals surface area (Å²) in [4.78, 5) is 11.8. The van der Waals surface area contributed by atoms with Crippen molar-refractivity contribution in [2.75, 3.05) is 14.2 Å². The normalized spacial score (nSPS) is 10.3. The second-order valence-corrected chi connectivity index (χ2v) is 4.15. The van der Waals surface area contributed by atoms with Gasteiger partial charge in [-0.25, -0.2) is 4.79 Å². The summed E-state index contributed by atoms with van der Waals surface area (Å²) in [5, 5.41) is 4.24. The smallest absolute Gasteiger partial charge is 0.343 e. The number of rotatable bonds is 3. The number of methoxy groups -OCH3 is 2. The molecule has 1 aromatic carbocycles. The molecular formula is C13H12ClNO4. The van der Waals surface area contributed by atoms with Crippen LogP contribution in [-0.4, -0.2) is 25.3 Å². The van der Waals surface area contributed by atoms with Crippen molar-refractivity contribution in [3.63, 3.8) is 0 Å². The zero-order valence-electron chi connectivity index (χ0n) is 10.7. The first kappa shape index (κ1) is 13.4. The quantitative estimate of drug-likeness (QED) is 0.809. The molecule has 0 saturated heterocycles. The third-order valence-corrected chi connectivity index (χ3v) is 3.08. The summed E-state index contributed by atoms with van der Waals surface area (Å²) in [6, 6.07) is 5.20. The van der Waals surface area contributed by atoms with Gasteiger partial charge in [0, 0.05) is 5.56 Å². The average Bonchev–Trinajstić information content (AvgIpc) is 2.80. The fourth-order valence-corrected chi connectivity index (χ4v) is 2.04. The minimum absolute atomic E-state index is 0.262. The molecule has 0 amide bonds. The molecule has 0 bridgehead atoms. The van der Waals surface area contributed by atoms with Gasteiger partial charge < -0.3 is 14.0 Å². The highest BCUT2D eigenvalue weighted by Crippen LogP contribution is 2.36. The number of halogens is 1. The number of aryl methyl sites for hydroxylation is 1. The standard InChI is InChI=1S/C13H12ClNO4/c1-7-10(13(16)18-3)12(15-19-7)8-5-4-6-9(17-2)11(8)14/h4-6H,1-3H3. The first-order valence-corrected chi connectivity index (χ1v) is 5.85. The van der Waals surface area contributed by atoms with Crippen molar-refractivity contribution in [3.05, 3.63) is 34.5 Å². The summed E-state index contributed by atoms with van der Waals surface area (Å²) in [6.07, 6.45) is 0. The number of hydrogen-bond acceptors (Lipinski definition) is 5. The van der Waals surface area contributed by atoms with Crippen LogP contribution in [0.25, 0.3) is 11.3 Å². The largest absolute Gasteiger partial charge is 0.495 e. The number of hydrogen-bond donors (Lipinski definition) is 0. The fraction of sp³-hybridized carbons (Fsp3) is 0.231. The molecule has 0 unspecified atom stereocenters. The van der Waals surface area contributed by atoms with Crippen LogP contribution in [0.5, 0.6) is 5.75 Å². The van der Waals surface area contributed by atoms with Crippen LogP contribution in [0.4, 0.5) is 0 Å². The van der Waals surface area contributed by atoms with E-state index in [4.69, 9.17) is 25.6 Å². The van der Waals surface area contributed by atoms with Gasteiger partial charge in [0.2, 0.25) is 0 Å². The highest BCUT2D eigenvalue weighted by Gasteiger charge is 2.24. The van der Waals surface area contributed by atoms with Gasteiger partial charge in [-0.05, 0) is 13.0 Å². The van der Waals surface area contributed by atoms with Crippen molar-refractivity contribution in [1.29, 1.82) is 0 Å². The Morgan fingerprint density at radius 1 is 1.37 bits per heavy atom. The van der Waals surface area contributed by atoms with Gasteiger partial charge in [0.25, 0.3) is 0 Å². The molecule has 0 spiro atoms. The maximum absolute atomic E-state index is 11.8. The van der Waals surface area contributed by atoms with Gasteiger partial charge in [-0.2, -0.15) is 0 Å². The van der Waals surface area contributed by atoms with Gasteiger partial charge in [0.05, 0.1) is 19.2 Å². The number of aromatic nitrogens is 1. The first-order chi connectivity index (χ1) is 9.10. The maximum atomic E-state index is 11.8. The highest BCUT2D eigenvalue weighted by atomic mass is 35.5. The molecule has 0 N–H and O–H groups in total. The van der Waals surface area contributed by atoms with Crippen LogP contribution < -0.4 is 4.74 Å². The molecule has 2 rings (SSSR count). The lowest BCUT2D eigenvalue weighted by atomic mass is 10.1. The molecule has 19 heavy (non-hydrogen) atoms. The zero-order chi connectivity index (χ0) is 14.0. The Hall–Kier alpha value is -2.01. The maximum Gasteiger partial charge on any atom is 0.343 e. The van der Waals surface area contributed by atoms with Crippen molar-refractivity contribution in [3.8, 4) is 17.0 Å². The van der Waals surface area contributed by atoms with E-state index in [0.717, 1.165) is 0 Å². The molecule has 0 aliphatic carbocycles. The molecule has 6 heteroatoms. The van der Waals surface area contributed by atoms with E-state index in [-0.39, 0.29) is 5.56 Å². The fourth-order valence-electron chi connectivity index (χ4n) is 1.75. The van der Waals surface area contributed by atoms with Crippen molar-refractivity contribution in [2.24, 2.45) is 0 Å². The number of esters is 1. The Balaban J connectivity index is 2.63. The minimum Gasteiger partial charge on any atom is -0.495 e. The van der Waals surface area contributed by atoms with Crippen LogP contribution in [0, 0.1) is 6.92 Å².